The van der Waals surface area contributed by atoms with Gasteiger partial charge < -0.3 is 10.1 Å². The van der Waals surface area contributed by atoms with Crippen LogP contribution in [0.1, 0.15) is 25.8 Å². The Hall–Kier alpha value is -0.810. The summed E-state index contributed by atoms with van der Waals surface area (Å²) in [5.41, 5.74) is 1.38. The molecular weight excluding hydrogens is 310 g/mol. The number of rotatable bonds is 5. The third kappa shape index (κ3) is 5.35. The van der Waals surface area contributed by atoms with E-state index < -0.39 is 0 Å². The summed E-state index contributed by atoms with van der Waals surface area (Å²) in [7, 11) is 0. The van der Waals surface area contributed by atoms with Crippen LogP contribution in [0.2, 0.25) is 0 Å². The molecule has 0 aromatic heterocycles. The molecule has 4 nitrogen and oxygen atoms in total. The van der Waals surface area contributed by atoms with Crippen LogP contribution in [-0.2, 0) is 6.54 Å². The monoisotopic (exact) mass is 339 g/mol. The second kappa shape index (κ2) is 8.88. The first-order valence-corrected chi connectivity index (χ1v) is 8.63. The molecule has 2 saturated heterocycles. The van der Waals surface area contributed by atoms with Crippen molar-refractivity contribution >= 4 is 12.4 Å². The van der Waals surface area contributed by atoms with Crippen molar-refractivity contribution in [2.75, 3.05) is 39.3 Å². The quantitative estimate of drug-likeness (QED) is 0.891. The molecule has 5 heteroatoms. The number of ether oxygens (including phenoxy) is 1. The summed E-state index contributed by atoms with van der Waals surface area (Å²) in [5, 5.41) is 3.47. The molecule has 130 valence electrons. The van der Waals surface area contributed by atoms with Crippen molar-refractivity contribution in [3.8, 4) is 5.75 Å². The lowest BCUT2D eigenvalue weighted by molar-refractivity contribution is 0.0981. The van der Waals surface area contributed by atoms with Crippen molar-refractivity contribution in [1.82, 2.24) is 15.1 Å². The highest BCUT2D eigenvalue weighted by atomic mass is 35.5. The predicted octanol–water partition coefficient (Wildman–Crippen LogP) is 2.38. The van der Waals surface area contributed by atoms with Crippen LogP contribution < -0.4 is 10.1 Å². The second-order valence-electron chi connectivity index (χ2n) is 6.77. The van der Waals surface area contributed by atoms with Gasteiger partial charge in [0.15, 0.2) is 0 Å². The Morgan fingerprint density at radius 2 is 1.83 bits per heavy atom. The van der Waals surface area contributed by atoms with Crippen molar-refractivity contribution in [2.45, 2.75) is 39.0 Å². The fourth-order valence-electron chi connectivity index (χ4n) is 3.44. The maximum absolute atomic E-state index is 5.70. The second-order valence-corrected chi connectivity index (χ2v) is 6.77. The van der Waals surface area contributed by atoms with Gasteiger partial charge in [-0.1, -0.05) is 12.1 Å². The summed E-state index contributed by atoms with van der Waals surface area (Å²) >= 11 is 0. The molecule has 23 heavy (non-hydrogen) atoms. The smallest absolute Gasteiger partial charge is 0.119 e. The number of hydrogen-bond donors (Lipinski definition) is 1. The van der Waals surface area contributed by atoms with Crippen molar-refractivity contribution in [2.24, 2.45) is 0 Å². The minimum atomic E-state index is 0. The van der Waals surface area contributed by atoms with Crippen LogP contribution in [0.15, 0.2) is 24.3 Å². The molecule has 2 aliphatic rings. The maximum Gasteiger partial charge on any atom is 0.119 e. The highest BCUT2D eigenvalue weighted by Crippen LogP contribution is 2.17. The number of hydrogen-bond acceptors (Lipinski definition) is 4. The molecule has 2 heterocycles. The average molecular weight is 340 g/mol. The van der Waals surface area contributed by atoms with Crippen LogP contribution in [-0.4, -0.2) is 61.2 Å². The van der Waals surface area contributed by atoms with Gasteiger partial charge in [0.2, 0.25) is 0 Å². The average Bonchev–Trinajstić information content (AvgIpc) is 3.04. The number of nitrogens with one attached hydrogen (secondary N) is 1. The van der Waals surface area contributed by atoms with Gasteiger partial charge in [0.1, 0.15) is 5.75 Å². The minimum absolute atomic E-state index is 0. The van der Waals surface area contributed by atoms with Crippen molar-refractivity contribution < 1.29 is 4.74 Å². The van der Waals surface area contributed by atoms with Crippen molar-refractivity contribution in [1.29, 1.82) is 0 Å². The summed E-state index contributed by atoms with van der Waals surface area (Å²) < 4.78 is 5.70. The zero-order chi connectivity index (χ0) is 15.4. The van der Waals surface area contributed by atoms with Gasteiger partial charge in [0.05, 0.1) is 6.10 Å². The predicted molar refractivity (Wildman–Crippen MR) is 97.6 cm³/mol. The summed E-state index contributed by atoms with van der Waals surface area (Å²) in [4.78, 5) is 5.23. The van der Waals surface area contributed by atoms with Gasteiger partial charge in [-0.05, 0) is 44.5 Å². The fraction of sp³-hybridized carbons (Fsp3) is 0.667. The van der Waals surface area contributed by atoms with Crippen LogP contribution in [0.5, 0.6) is 5.75 Å². The SMILES string of the molecule is CC(C)Oc1ccc(CN2CCN(C3CCNC3)CC2)cc1.Cl. The zero-order valence-corrected chi connectivity index (χ0v) is 15.1. The van der Waals surface area contributed by atoms with Crippen LogP contribution in [0, 0.1) is 0 Å². The van der Waals surface area contributed by atoms with Gasteiger partial charge >= 0.3 is 0 Å². The zero-order valence-electron chi connectivity index (χ0n) is 14.3. The van der Waals surface area contributed by atoms with Crippen LogP contribution >= 0.6 is 12.4 Å². The normalized spacial score (nSPS) is 23.0. The lowest BCUT2D eigenvalue weighted by Gasteiger charge is -2.37. The largest absolute Gasteiger partial charge is 0.491 e. The Kier molecular flexibility index (Phi) is 7.15. The van der Waals surface area contributed by atoms with E-state index >= 15 is 0 Å². The van der Waals surface area contributed by atoms with E-state index in [4.69, 9.17) is 4.74 Å². The van der Waals surface area contributed by atoms with E-state index in [1.807, 2.05) is 0 Å². The van der Waals surface area contributed by atoms with E-state index in [1.165, 1.54) is 51.3 Å². The molecular formula is C18H30ClN3O. The molecule has 1 aromatic rings. The van der Waals surface area contributed by atoms with E-state index in [1.54, 1.807) is 0 Å². The molecule has 2 fully saturated rings. The van der Waals surface area contributed by atoms with Gasteiger partial charge in [-0.3, -0.25) is 9.80 Å². The molecule has 1 aromatic carbocycles. The first-order valence-electron chi connectivity index (χ1n) is 8.63. The van der Waals surface area contributed by atoms with Crippen LogP contribution in [0.25, 0.3) is 0 Å². The third-order valence-corrected chi connectivity index (χ3v) is 4.66. The van der Waals surface area contributed by atoms with E-state index in [0.717, 1.165) is 18.3 Å². The number of piperazine rings is 1. The maximum atomic E-state index is 5.70. The minimum Gasteiger partial charge on any atom is -0.491 e. The molecule has 2 aliphatic heterocycles. The molecule has 0 bridgehead atoms. The van der Waals surface area contributed by atoms with Gasteiger partial charge in [-0.2, -0.15) is 0 Å². The number of benzene rings is 1. The molecule has 0 spiro atoms. The van der Waals surface area contributed by atoms with E-state index in [-0.39, 0.29) is 18.5 Å². The Balaban J connectivity index is 0.00000192. The third-order valence-electron chi connectivity index (χ3n) is 4.66. The van der Waals surface area contributed by atoms with Gasteiger partial charge in [-0.25, -0.2) is 0 Å². The number of halogens is 1. The molecule has 0 aliphatic carbocycles. The van der Waals surface area contributed by atoms with Crippen molar-refractivity contribution in [3.05, 3.63) is 29.8 Å². The summed E-state index contributed by atoms with van der Waals surface area (Å²) in [5.74, 6) is 0.970. The Bertz CT molecular complexity index is 452. The topological polar surface area (TPSA) is 27.7 Å². The van der Waals surface area contributed by atoms with Crippen LogP contribution in [0.3, 0.4) is 0 Å². The molecule has 1 unspecified atom stereocenters. The molecule has 0 radical (unpaired) electrons. The van der Waals surface area contributed by atoms with Gasteiger partial charge in [0, 0.05) is 45.3 Å². The summed E-state index contributed by atoms with van der Waals surface area (Å²) in [6, 6.07) is 9.36. The van der Waals surface area contributed by atoms with Gasteiger partial charge in [0.25, 0.3) is 0 Å². The van der Waals surface area contributed by atoms with E-state index in [2.05, 4.69) is 53.2 Å². The Morgan fingerprint density at radius 1 is 1.13 bits per heavy atom. The summed E-state index contributed by atoms with van der Waals surface area (Å²) in [6.45, 7) is 12.3. The van der Waals surface area contributed by atoms with Gasteiger partial charge in [-0.15, -0.1) is 12.4 Å². The van der Waals surface area contributed by atoms with Crippen LogP contribution in [0.4, 0.5) is 0 Å². The number of nitrogens with zero attached hydrogens (tertiary/aromatic N) is 2. The molecule has 3 rings (SSSR count). The Morgan fingerprint density at radius 3 is 2.39 bits per heavy atom. The molecule has 1 atom stereocenters. The lowest BCUT2D eigenvalue weighted by Crippen LogP contribution is -2.50. The fourth-order valence-corrected chi connectivity index (χ4v) is 3.44. The molecule has 0 amide bonds. The first-order chi connectivity index (χ1) is 10.7. The summed E-state index contributed by atoms with van der Waals surface area (Å²) in [6.07, 6.45) is 1.56. The lowest BCUT2D eigenvalue weighted by atomic mass is 10.1. The molecule has 0 saturated carbocycles. The Labute approximate surface area is 146 Å². The standard InChI is InChI=1S/C18H29N3O.ClH/c1-15(2)22-18-5-3-16(4-6-18)14-20-9-11-21(12-10-20)17-7-8-19-13-17;/h3-6,15,17,19H,7-14H2,1-2H3;1H. The molecule has 1 N–H and O–H groups in total. The highest BCUT2D eigenvalue weighted by molar-refractivity contribution is 5.85. The van der Waals surface area contributed by atoms with Crippen molar-refractivity contribution in [3.63, 3.8) is 0 Å². The van der Waals surface area contributed by atoms with E-state index in [0.29, 0.717) is 0 Å². The first kappa shape index (κ1) is 18.5. The highest BCUT2D eigenvalue weighted by Gasteiger charge is 2.25. The van der Waals surface area contributed by atoms with E-state index in [9.17, 15) is 0 Å².